The second-order valence-electron chi connectivity index (χ2n) is 7.22. The predicted molar refractivity (Wildman–Crippen MR) is 108 cm³/mol. The first kappa shape index (κ1) is 20.8. The highest BCUT2D eigenvalue weighted by atomic mass is 35.5. The molecule has 2 aromatic rings. The summed E-state index contributed by atoms with van der Waals surface area (Å²) in [5.41, 5.74) is 0.911. The fourth-order valence-electron chi connectivity index (χ4n) is 3.59. The number of aromatic nitrogens is 2. The van der Waals surface area contributed by atoms with Crippen LogP contribution in [0.3, 0.4) is 0 Å². The summed E-state index contributed by atoms with van der Waals surface area (Å²) in [7, 11) is 0. The third kappa shape index (κ3) is 6.04. The van der Waals surface area contributed by atoms with Gasteiger partial charge in [0.2, 0.25) is 11.7 Å². The number of piperidine rings is 1. The first-order valence-electron chi connectivity index (χ1n) is 10.1. The molecule has 6 nitrogen and oxygen atoms in total. The molecule has 1 aliphatic heterocycles. The quantitative estimate of drug-likeness (QED) is 0.445. The van der Waals surface area contributed by atoms with Crippen molar-refractivity contribution in [2.75, 3.05) is 26.2 Å². The molecular weight excluding hydrogens is 378 g/mol. The fourth-order valence-corrected chi connectivity index (χ4v) is 3.72. The summed E-state index contributed by atoms with van der Waals surface area (Å²) in [6.07, 6.45) is 5.75. The van der Waals surface area contributed by atoms with Crippen LogP contribution in [0, 0.1) is 0 Å². The molecule has 1 unspecified atom stereocenters. The van der Waals surface area contributed by atoms with E-state index < -0.39 is 0 Å². The first-order chi connectivity index (χ1) is 13.7. The minimum Gasteiger partial charge on any atom is -0.466 e. The Morgan fingerprint density at radius 1 is 1.29 bits per heavy atom. The number of ether oxygens (including phenoxy) is 1. The Bertz CT molecular complexity index is 748. The van der Waals surface area contributed by atoms with E-state index in [0.29, 0.717) is 23.9 Å². The average molecular weight is 406 g/mol. The van der Waals surface area contributed by atoms with Gasteiger partial charge in [-0.25, -0.2) is 0 Å². The van der Waals surface area contributed by atoms with Gasteiger partial charge in [0.1, 0.15) is 0 Å². The summed E-state index contributed by atoms with van der Waals surface area (Å²) in [6.45, 7) is 5.39. The van der Waals surface area contributed by atoms with Gasteiger partial charge in [0.05, 0.1) is 12.5 Å². The van der Waals surface area contributed by atoms with Crippen molar-refractivity contribution in [2.45, 2.75) is 51.4 Å². The smallest absolute Gasteiger partial charge is 0.305 e. The number of halogens is 1. The summed E-state index contributed by atoms with van der Waals surface area (Å²) in [6, 6.07) is 7.47. The molecule has 2 heterocycles. The van der Waals surface area contributed by atoms with Crippen LogP contribution in [-0.2, 0) is 9.53 Å². The zero-order valence-corrected chi connectivity index (χ0v) is 17.2. The number of unbranched alkanes of at least 4 members (excludes halogenated alkanes) is 2. The van der Waals surface area contributed by atoms with Crippen molar-refractivity contribution >= 4 is 17.6 Å². The second-order valence-corrected chi connectivity index (χ2v) is 7.65. The third-order valence-corrected chi connectivity index (χ3v) is 5.31. The first-order valence-corrected chi connectivity index (χ1v) is 10.5. The van der Waals surface area contributed by atoms with Gasteiger partial charge >= 0.3 is 5.97 Å². The molecule has 3 rings (SSSR count). The molecule has 0 amide bonds. The van der Waals surface area contributed by atoms with E-state index in [1.165, 1.54) is 0 Å². The lowest BCUT2D eigenvalue weighted by Gasteiger charge is -2.30. The van der Waals surface area contributed by atoms with Crippen LogP contribution in [-0.4, -0.2) is 47.3 Å². The molecule has 28 heavy (non-hydrogen) atoms. The predicted octanol–water partition coefficient (Wildman–Crippen LogP) is 4.69. The van der Waals surface area contributed by atoms with Gasteiger partial charge in [0.15, 0.2) is 0 Å². The molecule has 1 saturated heterocycles. The summed E-state index contributed by atoms with van der Waals surface area (Å²) in [4.78, 5) is 18.4. The van der Waals surface area contributed by atoms with Crippen molar-refractivity contribution in [2.24, 2.45) is 0 Å². The highest BCUT2D eigenvalue weighted by molar-refractivity contribution is 6.30. The molecule has 0 spiro atoms. The Balaban J connectivity index is 1.45. The van der Waals surface area contributed by atoms with Crippen molar-refractivity contribution in [1.82, 2.24) is 15.0 Å². The van der Waals surface area contributed by atoms with E-state index in [-0.39, 0.29) is 11.9 Å². The van der Waals surface area contributed by atoms with E-state index >= 15 is 0 Å². The molecule has 0 aliphatic carbocycles. The second kappa shape index (κ2) is 10.6. The molecule has 1 aromatic heterocycles. The van der Waals surface area contributed by atoms with E-state index in [2.05, 4.69) is 15.0 Å². The summed E-state index contributed by atoms with van der Waals surface area (Å²) in [5, 5.41) is 4.84. The van der Waals surface area contributed by atoms with Crippen LogP contribution < -0.4 is 0 Å². The largest absolute Gasteiger partial charge is 0.466 e. The Hall–Kier alpha value is -1.92. The van der Waals surface area contributed by atoms with Crippen molar-refractivity contribution in [1.29, 1.82) is 0 Å². The number of rotatable bonds is 9. The van der Waals surface area contributed by atoms with Gasteiger partial charge in [0.25, 0.3) is 0 Å². The van der Waals surface area contributed by atoms with Crippen LogP contribution in [0.25, 0.3) is 11.4 Å². The van der Waals surface area contributed by atoms with Gasteiger partial charge in [-0.2, -0.15) is 4.98 Å². The number of nitrogens with zero attached hydrogens (tertiary/aromatic N) is 3. The normalized spacial score (nSPS) is 17.6. The molecule has 0 N–H and O–H groups in total. The maximum atomic E-state index is 11.4. The molecule has 0 bridgehead atoms. The third-order valence-electron chi connectivity index (χ3n) is 5.06. The number of likely N-dealkylation sites (tertiary alicyclic amines) is 1. The standard InChI is InChI=1S/C21H28ClN3O3/c1-2-27-19(26)8-4-3-5-13-25-14-6-7-17(15-25)21-23-20(24-28-21)16-9-11-18(22)12-10-16/h9-12,17H,2-8,13-15H2,1H3. The minimum absolute atomic E-state index is 0.0894. The molecule has 0 saturated carbocycles. The highest BCUT2D eigenvalue weighted by Crippen LogP contribution is 2.28. The Labute approximate surface area is 171 Å². The van der Waals surface area contributed by atoms with Crippen molar-refractivity contribution in [3.8, 4) is 11.4 Å². The van der Waals surface area contributed by atoms with Crippen LogP contribution in [0.2, 0.25) is 5.02 Å². The Morgan fingerprint density at radius 3 is 2.89 bits per heavy atom. The van der Waals surface area contributed by atoms with E-state index in [4.69, 9.17) is 20.9 Å². The van der Waals surface area contributed by atoms with E-state index in [0.717, 1.165) is 63.2 Å². The van der Waals surface area contributed by atoms with Crippen LogP contribution in [0.5, 0.6) is 0 Å². The average Bonchev–Trinajstić information content (AvgIpc) is 3.19. The minimum atomic E-state index is -0.0894. The number of hydrogen-bond acceptors (Lipinski definition) is 6. The zero-order chi connectivity index (χ0) is 19.8. The van der Waals surface area contributed by atoms with Gasteiger partial charge in [-0.15, -0.1) is 0 Å². The SMILES string of the molecule is CCOC(=O)CCCCCN1CCCC(c2nc(-c3ccc(Cl)cc3)no2)C1. The molecule has 1 fully saturated rings. The highest BCUT2D eigenvalue weighted by Gasteiger charge is 2.26. The van der Waals surface area contributed by atoms with Crippen LogP contribution in [0.1, 0.15) is 57.3 Å². The summed E-state index contributed by atoms with van der Waals surface area (Å²) in [5.74, 6) is 1.52. The Morgan fingerprint density at radius 2 is 2.11 bits per heavy atom. The topological polar surface area (TPSA) is 68.5 Å². The van der Waals surface area contributed by atoms with Crippen LogP contribution in [0.4, 0.5) is 0 Å². The van der Waals surface area contributed by atoms with Crippen molar-refractivity contribution in [3.05, 3.63) is 35.2 Å². The van der Waals surface area contributed by atoms with Gasteiger partial charge < -0.3 is 14.2 Å². The molecule has 1 aromatic carbocycles. The maximum Gasteiger partial charge on any atom is 0.305 e. The van der Waals surface area contributed by atoms with Crippen LogP contribution in [0.15, 0.2) is 28.8 Å². The lowest BCUT2D eigenvalue weighted by Crippen LogP contribution is -2.35. The number of benzene rings is 1. The lowest BCUT2D eigenvalue weighted by molar-refractivity contribution is -0.143. The lowest BCUT2D eigenvalue weighted by atomic mass is 9.97. The van der Waals surface area contributed by atoms with Crippen molar-refractivity contribution in [3.63, 3.8) is 0 Å². The molecule has 152 valence electrons. The number of hydrogen-bond donors (Lipinski definition) is 0. The van der Waals surface area contributed by atoms with Gasteiger partial charge in [-0.1, -0.05) is 23.2 Å². The van der Waals surface area contributed by atoms with Gasteiger partial charge in [-0.3, -0.25) is 4.79 Å². The van der Waals surface area contributed by atoms with Gasteiger partial charge in [0, 0.05) is 23.6 Å². The van der Waals surface area contributed by atoms with Crippen molar-refractivity contribution < 1.29 is 14.1 Å². The summed E-state index contributed by atoms with van der Waals surface area (Å²) >= 11 is 5.94. The number of carbonyl (C=O) groups is 1. The fraction of sp³-hybridized carbons (Fsp3) is 0.571. The van der Waals surface area contributed by atoms with E-state index in [9.17, 15) is 4.79 Å². The molecule has 1 aliphatic rings. The number of esters is 1. The molecule has 1 atom stereocenters. The molecule has 7 heteroatoms. The zero-order valence-electron chi connectivity index (χ0n) is 16.4. The summed E-state index contributed by atoms with van der Waals surface area (Å²) < 4.78 is 10.5. The van der Waals surface area contributed by atoms with Crippen LogP contribution >= 0.6 is 11.6 Å². The molecular formula is C21H28ClN3O3. The monoisotopic (exact) mass is 405 g/mol. The van der Waals surface area contributed by atoms with Gasteiger partial charge in [-0.05, 0) is 70.0 Å². The Kier molecular flexibility index (Phi) is 7.86. The van der Waals surface area contributed by atoms with E-state index in [1.807, 2.05) is 31.2 Å². The molecule has 0 radical (unpaired) electrons. The maximum absolute atomic E-state index is 11.4. The van der Waals surface area contributed by atoms with E-state index in [1.54, 1.807) is 0 Å². The number of carbonyl (C=O) groups excluding carboxylic acids is 1.